The number of hydrogen-bond donors (Lipinski definition) is 2. The third-order valence-electron chi connectivity index (χ3n) is 3.09. The molecule has 0 atom stereocenters. The summed E-state index contributed by atoms with van der Waals surface area (Å²) in [7, 11) is 0. The van der Waals surface area contributed by atoms with Crippen molar-refractivity contribution >= 4 is 5.82 Å². The molecule has 1 aromatic carbocycles. The fraction of sp³-hybridized carbons (Fsp3) is 0.133. The van der Waals surface area contributed by atoms with E-state index in [2.05, 4.69) is 29.3 Å². The second-order valence-electron chi connectivity index (χ2n) is 4.64. The molecule has 0 saturated carbocycles. The second kappa shape index (κ2) is 4.31. The standard InChI is InChI=1S/C15H15N3O/c1-9-4-3-5-11(8-9)13-14(17-18-15(13)16)12-7-6-10(2)19-12/h3-8H,1-2H3,(H3,16,17,18). The first-order valence-electron chi connectivity index (χ1n) is 6.13. The summed E-state index contributed by atoms with van der Waals surface area (Å²) >= 11 is 0. The molecule has 4 heteroatoms. The number of aromatic nitrogens is 2. The molecule has 0 spiro atoms. The van der Waals surface area contributed by atoms with Crippen LogP contribution < -0.4 is 5.73 Å². The van der Waals surface area contributed by atoms with Crippen molar-refractivity contribution in [2.45, 2.75) is 13.8 Å². The molecule has 3 N–H and O–H groups in total. The van der Waals surface area contributed by atoms with Crippen LogP contribution in [-0.2, 0) is 0 Å². The summed E-state index contributed by atoms with van der Waals surface area (Å²) in [6, 6.07) is 12.0. The Kier molecular flexibility index (Phi) is 2.63. The van der Waals surface area contributed by atoms with Crippen LogP contribution in [0, 0.1) is 13.8 Å². The van der Waals surface area contributed by atoms with Gasteiger partial charge < -0.3 is 10.2 Å². The van der Waals surface area contributed by atoms with Crippen LogP contribution in [0.1, 0.15) is 11.3 Å². The first-order valence-corrected chi connectivity index (χ1v) is 6.13. The van der Waals surface area contributed by atoms with Gasteiger partial charge in [0.1, 0.15) is 11.5 Å². The van der Waals surface area contributed by atoms with Gasteiger partial charge in [-0.05, 0) is 31.5 Å². The van der Waals surface area contributed by atoms with Crippen LogP contribution in [0.5, 0.6) is 0 Å². The molecule has 3 rings (SSSR count). The largest absolute Gasteiger partial charge is 0.460 e. The van der Waals surface area contributed by atoms with E-state index in [1.165, 1.54) is 5.56 Å². The van der Waals surface area contributed by atoms with Gasteiger partial charge in [-0.1, -0.05) is 29.8 Å². The van der Waals surface area contributed by atoms with E-state index in [1.807, 2.05) is 31.2 Å². The summed E-state index contributed by atoms with van der Waals surface area (Å²) in [4.78, 5) is 0. The highest BCUT2D eigenvalue weighted by Crippen LogP contribution is 2.35. The van der Waals surface area contributed by atoms with Gasteiger partial charge >= 0.3 is 0 Å². The fourth-order valence-corrected chi connectivity index (χ4v) is 2.20. The molecule has 0 aliphatic heterocycles. The number of nitrogens with two attached hydrogens (primary N) is 1. The monoisotopic (exact) mass is 253 g/mol. The predicted molar refractivity (Wildman–Crippen MR) is 75.6 cm³/mol. The number of aryl methyl sites for hydroxylation is 2. The van der Waals surface area contributed by atoms with E-state index in [0.29, 0.717) is 5.82 Å². The molecule has 4 nitrogen and oxygen atoms in total. The summed E-state index contributed by atoms with van der Waals surface area (Å²) in [6.07, 6.45) is 0. The number of benzene rings is 1. The number of nitrogens with one attached hydrogen (secondary N) is 1. The molecule has 2 aromatic heterocycles. The summed E-state index contributed by atoms with van der Waals surface area (Å²) in [5.41, 5.74) is 9.90. The SMILES string of the molecule is Cc1cccc(-c2c(N)n[nH]c2-c2ccc(C)o2)c1. The molecule has 2 heterocycles. The molecule has 0 unspecified atom stereocenters. The third-order valence-corrected chi connectivity index (χ3v) is 3.09. The van der Waals surface area contributed by atoms with Gasteiger partial charge in [-0.15, -0.1) is 0 Å². The minimum atomic E-state index is 0.481. The molecule has 3 aromatic rings. The molecule has 0 saturated heterocycles. The van der Waals surface area contributed by atoms with E-state index in [0.717, 1.165) is 28.3 Å². The zero-order valence-electron chi connectivity index (χ0n) is 10.9. The average molecular weight is 253 g/mol. The van der Waals surface area contributed by atoms with E-state index in [4.69, 9.17) is 10.2 Å². The second-order valence-corrected chi connectivity index (χ2v) is 4.64. The Labute approximate surface area is 111 Å². The Morgan fingerprint density at radius 1 is 1.16 bits per heavy atom. The summed E-state index contributed by atoms with van der Waals surface area (Å²) in [5.74, 6) is 2.09. The number of H-pyrrole nitrogens is 1. The third kappa shape index (κ3) is 2.01. The van der Waals surface area contributed by atoms with Crippen molar-refractivity contribution in [3.05, 3.63) is 47.7 Å². The maximum Gasteiger partial charge on any atom is 0.153 e. The van der Waals surface area contributed by atoms with Crippen LogP contribution in [0.15, 0.2) is 40.8 Å². The number of aromatic amines is 1. The molecule has 19 heavy (non-hydrogen) atoms. The van der Waals surface area contributed by atoms with Gasteiger partial charge in [-0.25, -0.2) is 0 Å². The van der Waals surface area contributed by atoms with Crippen molar-refractivity contribution in [3.8, 4) is 22.6 Å². The molecular weight excluding hydrogens is 238 g/mol. The van der Waals surface area contributed by atoms with Gasteiger partial charge in [0, 0.05) is 0 Å². The lowest BCUT2D eigenvalue weighted by molar-refractivity contribution is 0.546. The van der Waals surface area contributed by atoms with Gasteiger partial charge in [-0.3, -0.25) is 5.10 Å². The molecule has 0 aliphatic carbocycles. The molecule has 96 valence electrons. The maximum absolute atomic E-state index is 5.98. The van der Waals surface area contributed by atoms with Gasteiger partial charge in [-0.2, -0.15) is 5.10 Å². The van der Waals surface area contributed by atoms with E-state index >= 15 is 0 Å². The van der Waals surface area contributed by atoms with Crippen LogP contribution in [0.4, 0.5) is 5.82 Å². The lowest BCUT2D eigenvalue weighted by Crippen LogP contribution is -1.89. The average Bonchev–Trinajstić information content (AvgIpc) is 2.95. The van der Waals surface area contributed by atoms with E-state index < -0.39 is 0 Å². The van der Waals surface area contributed by atoms with Gasteiger partial charge in [0.05, 0.1) is 5.56 Å². The van der Waals surface area contributed by atoms with E-state index in [9.17, 15) is 0 Å². The zero-order valence-corrected chi connectivity index (χ0v) is 10.9. The van der Waals surface area contributed by atoms with Gasteiger partial charge in [0.2, 0.25) is 0 Å². The Morgan fingerprint density at radius 3 is 2.68 bits per heavy atom. The van der Waals surface area contributed by atoms with Crippen molar-refractivity contribution in [1.29, 1.82) is 0 Å². The first kappa shape index (κ1) is 11.6. The highest BCUT2D eigenvalue weighted by Gasteiger charge is 2.17. The molecule has 0 aliphatic rings. The van der Waals surface area contributed by atoms with Crippen molar-refractivity contribution in [1.82, 2.24) is 10.2 Å². The number of furan rings is 1. The molecule has 0 amide bonds. The van der Waals surface area contributed by atoms with Crippen molar-refractivity contribution in [2.75, 3.05) is 5.73 Å². The van der Waals surface area contributed by atoms with Crippen LogP contribution in [0.2, 0.25) is 0 Å². The van der Waals surface area contributed by atoms with Crippen molar-refractivity contribution in [2.24, 2.45) is 0 Å². The van der Waals surface area contributed by atoms with Crippen LogP contribution in [-0.4, -0.2) is 10.2 Å². The topological polar surface area (TPSA) is 67.8 Å². The highest BCUT2D eigenvalue weighted by molar-refractivity contribution is 5.86. The summed E-state index contributed by atoms with van der Waals surface area (Å²) < 4.78 is 5.65. The minimum absolute atomic E-state index is 0.481. The summed E-state index contributed by atoms with van der Waals surface area (Å²) in [5, 5.41) is 7.05. The summed E-state index contributed by atoms with van der Waals surface area (Å²) in [6.45, 7) is 3.96. The zero-order chi connectivity index (χ0) is 13.4. The Hall–Kier alpha value is -2.49. The molecule has 0 bridgehead atoms. The van der Waals surface area contributed by atoms with Crippen LogP contribution in [0.25, 0.3) is 22.6 Å². The minimum Gasteiger partial charge on any atom is -0.460 e. The lowest BCUT2D eigenvalue weighted by Gasteiger charge is -2.03. The predicted octanol–water partition coefficient (Wildman–Crippen LogP) is 3.54. The van der Waals surface area contributed by atoms with Gasteiger partial charge in [0.25, 0.3) is 0 Å². The van der Waals surface area contributed by atoms with Crippen LogP contribution in [0.3, 0.4) is 0 Å². The van der Waals surface area contributed by atoms with Gasteiger partial charge in [0.15, 0.2) is 11.6 Å². The fourth-order valence-electron chi connectivity index (χ4n) is 2.20. The first-order chi connectivity index (χ1) is 9.15. The smallest absolute Gasteiger partial charge is 0.153 e. The highest BCUT2D eigenvalue weighted by atomic mass is 16.3. The molecule has 0 fully saturated rings. The van der Waals surface area contributed by atoms with E-state index in [-0.39, 0.29) is 0 Å². The number of rotatable bonds is 2. The number of nitrogens with zero attached hydrogens (tertiary/aromatic N) is 1. The number of anilines is 1. The van der Waals surface area contributed by atoms with Crippen molar-refractivity contribution in [3.63, 3.8) is 0 Å². The van der Waals surface area contributed by atoms with Crippen LogP contribution >= 0.6 is 0 Å². The lowest BCUT2D eigenvalue weighted by atomic mass is 10.0. The quantitative estimate of drug-likeness (QED) is 0.734. The van der Waals surface area contributed by atoms with E-state index in [1.54, 1.807) is 0 Å². The maximum atomic E-state index is 5.98. The Bertz CT molecular complexity index is 725. The molecule has 0 radical (unpaired) electrons. The Balaban J connectivity index is 2.19. The number of nitrogen functional groups attached to an aromatic ring is 1. The van der Waals surface area contributed by atoms with Crippen molar-refractivity contribution < 1.29 is 4.42 Å². The molecular formula is C15H15N3O. The Morgan fingerprint density at radius 2 is 2.00 bits per heavy atom. The normalized spacial score (nSPS) is 10.8. The number of hydrogen-bond acceptors (Lipinski definition) is 3.